The predicted octanol–water partition coefficient (Wildman–Crippen LogP) is 1.37. The molecule has 1 aliphatic carbocycles. The third-order valence-corrected chi connectivity index (χ3v) is 5.09. The molecule has 1 amide bonds. The Morgan fingerprint density at radius 3 is 2.79 bits per heavy atom. The van der Waals surface area contributed by atoms with Crippen LogP contribution in [0.3, 0.4) is 0 Å². The minimum atomic E-state index is -0.177. The number of fused-ring (bicyclic) bond motifs is 1. The fourth-order valence-corrected chi connectivity index (χ4v) is 3.71. The number of aliphatic hydroxyl groups excluding tert-OH is 1. The molecule has 4 heteroatoms. The van der Waals surface area contributed by atoms with Crippen LogP contribution in [0.15, 0.2) is 0 Å². The van der Waals surface area contributed by atoms with E-state index >= 15 is 0 Å². The number of hydrogen-bond donors (Lipinski definition) is 2. The van der Waals surface area contributed by atoms with Crippen molar-refractivity contribution < 1.29 is 9.90 Å². The lowest BCUT2D eigenvalue weighted by Crippen LogP contribution is -2.31. The maximum absolute atomic E-state index is 12.2. The van der Waals surface area contributed by atoms with Gasteiger partial charge in [-0.1, -0.05) is 13.3 Å². The average molecular weight is 268 g/mol. The summed E-state index contributed by atoms with van der Waals surface area (Å²) in [6, 6.07) is 0. The van der Waals surface area contributed by atoms with E-state index in [1.54, 1.807) is 0 Å². The molecular formula is C15H28N2O2. The normalized spacial score (nSPS) is 31.5. The molecule has 0 aromatic carbocycles. The van der Waals surface area contributed by atoms with E-state index in [9.17, 15) is 9.90 Å². The molecule has 4 unspecified atom stereocenters. The van der Waals surface area contributed by atoms with Crippen LogP contribution in [-0.4, -0.2) is 41.7 Å². The van der Waals surface area contributed by atoms with E-state index in [0.717, 1.165) is 45.2 Å². The number of carbonyl (C=O) groups excluding carboxylic acids is 1. The van der Waals surface area contributed by atoms with Crippen LogP contribution in [0.25, 0.3) is 0 Å². The summed E-state index contributed by atoms with van der Waals surface area (Å²) in [5.74, 6) is 1.75. The Hall–Kier alpha value is -0.610. The van der Waals surface area contributed by atoms with Gasteiger partial charge in [0.1, 0.15) is 0 Å². The van der Waals surface area contributed by atoms with Crippen molar-refractivity contribution >= 4 is 5.91 Å². The van der Waals surface area contributed by atoms with Gasteiger partial charge in [0.05, 0.1) is 6.10 Å². The molecule has 19 heavy (non-hydrogen) atoms. The van der Waals surface area contributed by atoms with Crippen LogP contribution < -0.4 is 5.73 Å². The summed E-state index contributed by atoms with van der Waals surface area (Å²) in [6.07, 6.45) is 5.56. The van der Waals surface area contributed by atoms with Gasteiger partial charge in [0.25, 0.3) is 0 Å². The predicted molar refractivity (Wildman–Crippen MR) is 75.5 cm³/mol. The summed E-state index contributed by atoms with van der Waals surface area (Å²) in [7, 11) is 0. The van der Waals surface area contributed by atoms with Gasteiger partial charge in [-0.05, 0) is 44.1 Å². The Morgan fingerprint density at radius 1 is 1.37 bits per heavy atom. The summed E-state index contributed by atoms with van der Waals surface area (Å²) >= 11 is 0. The van der Waals surface area contributed by atoms with E-state index in [-0.39, 0.29) is 12.0 Å². The maximum Gasteiger partial charge on any atom is 0.222 e. The summed E-state index contributed by atoms with van der Waals surface area (Å²) in [5, 5.41) is 9.87. The molecule has 0 radical (unpaired) electrons. The van der Waals surface area contributed by atoms with Gasteiger partial charge in [-0.25, -0.2) is 0 Å². The third-order valence-electron chi connectivity index (χ3n) is 5.09. The molecular weight excluding hydrogens is 240 g/mol. The van der Waals surface area contributed by atoms with E-state index in [1.165, 1.54) is 0 Å². The molecule has 2 fully saturated rings. The van der Waals surface area contributed by atoms with Crippen molar-refractivity contribution in [1.82, 2.24) is 4.90 Å². The second kappa shape index (κ2) is 6.71. The van der Waals surface area contributed by atoms with Crippen LogP contribution in [0.5, 0.6) is 0 Å². The minimum Gasteiger partial charge on any atom is -0.393 e. The molecule has 2 rings (SSSR count). The lowest BCUT2D eigenvalue weighted by atomic mass is 9.96. The number of nitrogens with zero attached hydrogens (tertiary/aromatic N) is 1. The van der Waals surface area contributed by atoms with Crippen molar-refractivity contribution in [2.24, 2.45) is 23.5 Å². The van der Waals surface area contributed by atoms with E-state index in [1.807, 2.05) is 4.90 Å². The number of likely N-dealkylation sites (tertiary alicyclic amines) is 1. The molecule has 4 atom stereocenters. The molecule has 4 nitrogen and oxygen atoms in total. The van der Waals surface area contributed by atoms with Gasteiger partial charge >= 0.3 is 0 Å². The molecule has 1 aliphatic heterocycles. The maximum atomic E-state index is 12.2. The van der Waals surface area contributed by atoms with E-state index < -0.39 is 0 Å². The smallest absolute Gasteiger partial charge is 0.222 e. The number of aliphatic hydroxyl groups is 1. The highest BCUT2D eigenvalue weighted by Crippen LogP contribution is 2.38. The van der Waals surface area contributed by atoms with E-state index in [0.29, 0.717) is 30.7 Å². The highest BCUT2D eigenvalue weighted by atomic mass is 16.3. The van der Waals surface area contributed by atoms with Crippen LogP contribution in [0.4, 0.5) is 0 Å². The Bertz CT molecular complexity index is 309. The number of amides is 1. The van der Waals surface area contributed by atoms with Crippen molar-refractivity contribution in [2.75, 3.05) is 19.6 Å². The van der Waals surface area contributed by atoms with Crippen LogP contribution in [0.2, 0.25) is 0 Å². The quantitative estimate of drug-likeness (QED) is 0.764. The molecule has 2 aliphatic rings. The zero-order valence-corrected chi connectivity index (χ0v) is 12.1. The Labute approximate surface area is 116 Å². The molecule has 0 bridgehead atoms. The monoisotopic (exact) mass is 268 g/mol. The highest BCUT2D eigenvalue weighted by Gasteiger charge is 2.43. The largest absolute Gasteiger partial charge is 0.393 e. The summed E-state index contributed by atoms with van der Waals surface area (Å²) < 4.78 is 0. The second-order valence-electron chi connectivity index (χ2n) is 6.26. The van der Waals surface area contributed by atoms with Gasteiger partial charge in [-0.2, -0.15) is 0 Å². The number of rotatable bonds is 6. The Morgan fingerprint density at radius 2 is 2.16 bits per heavy atom. The lowest BCUT2D eigenvalue weighted by Gasteiger charge is -2.20. The number of nitrogens with two attached hydrogens (primary N) is 1. The average Bonchev–Trinajstić information content (AvgIpc) is 2.97. The molecule has 0 aromatic rings. The van der Waals surface area contributed by atoms with E-state index in [2.05, 4.69) is 6.92 Å². The van der Waals surface area contributed by atoms with Crippen molar-refractivity contribution in [2.45, 2.75) is 51.6 Å². The molecule has 0 aromatic heterocycles. The summed E-state index contributed by atoms with van der Waals surface area (Å²) in [5.41, 5.74) is 5.59. The van der Waals surface area contributed by atoms with Crippen LogP contribution in [-0.2, 0) is 4.79 Å². The summed E-state index contributed by atoms with van der Waals surface area (Å²) in [4.78, 5) is 14.2. The summed E-state index contributed by atoms with van der Waals surface area (Å²) in [6.45, 7) is 4.53. The first kappa shape index (κ1) is 14.8. The highest BCUT2D eigenvalue weighted by molar-refractivity contribution is 5.76. The molecule has 3 N–H and O–H groups in total. The third kappa shape index (κ3) is 3.48. The van der Waals surface area contributed by atoms with Gasteiger partial charge in [0, 0.05) is 25.4 Å². The molecule has 1 saturated carbocycles. The van der Waals surface area contributed by atoms with Crippen molar-refractivity contribution in [3.63, 3.8) is 0 Å². The van der Waals surface area contributed by atoms with E-state index in [4.69, 9.17) is 5.73 Å². The van der Waals surface area contributed by atoms with Crippen molar-refractivity contribution in [1.29, 1.82) is 0 Å². The molecule has 110 valence electrons. The second-order valence-corrected chi connectivity index (χ2v) is 6.26. The standard InChI is InChI=1S/C15H28N2O2/c1-2-11(7-8-16)3-6-15(19)17-9-12-4-5-14(18)13(12)10-17/h11-14,18H,2-10,16H2,1H3. The fraction of sp³-hybridized carbons (Fsp3) is 0.933. The van der Waals surface area contributed by atoms with Gasteiger partial charge < -0.3 is 15.7 Å². The minimum absolute atomic E-state index is 0.177. The molecule has 0 spiro atoms. The van der Waals surface area contributed by atoms with Gasteiger partial charge in [-0.3, -0.25) is 4.79 Å². The van der Waals surface area contributed by atoms with Crippen LogP contribution >= 0.6 is 0 Å². The first-order chi connectivity index (χ1) is 9.15. The van der Waals surface area contributed by atoms with Crippen molar-refractivity contribution in [3.8, 4) is 0 Å². The fourth-order valence-electron chi connectivity index (χ4n) is 3.71. The van der Waals surface area contributed by atoms with Gasteiger partial charge in [0.2, 0.25) is 5.91 Å². The number of carbonyl (C=O) groups is 1. The SMILES string of the molecule is CCC(CCN)CCC(=O)N1CC2CCC(O)C2C1. The topological polar surface area (TPSA) is 66.6 Å². The number of hydrogen-bond acceptors (Lipinski definition) is 3. The molecule has 1 saturated heterocycles. The van der Waals surface area contributed by atoms with Crippen LogP contribution in [0.1, 0.15) is 45.4 Å². The lowest BCUT2D eigenvalue weighted by molar-refractivity contribution is -0.130. The zero-order valence-electron chi connectivity index (χ0n) is 12.1. The zero-order chi connectivity index (χ0) is 13.8. The van der Waals surface area contributed by atoms with Crippen LogP contribution in [0, 0.1) is 17.8 Å². The Balaban J connectivity index is 1.75. The Kier molecular flexibility index (Phi) is 5.22. The van der Waals surface area contributed by atoms with Gasteiger partial charge in [0.15, 0.2) is 0 Å². The first-order valence-corrected chi connectivity index (χ1v) is 7.81. The molecule has 1 heterocycles. The van der Waals surface area contributed by atoms with Crippen molar-refractivity contribution in [3.05, 3.63) is 0 Å². The first-order valence-electron chi connectivity index (χ1n) is 7.81. The van der Waals surface area contributed by atoms with Gasteiger partial charge in [-0.15, -0.1) is 0 Å².